The molecule has 1 nitrogen and oxygen atoms in total. The van der Waals surface area contributed by atoms with E-state index in [2.05, 4.69) is 12.2 Å². The van der Waals surface area contributed by atoms with E-state index in [9.17, 15) is 8.78 Å². The van der Waals surface area contributed by atoms with E-state index in [0.29, 0.717) is 6.04 Å². The number of halogens is 2. The summed E-state index contributed by atoms with van der Waals surface area (Å²) in [6.07, 6.45) is 2.29. The molecule has 1 aliphatic carbocycles. The first-order chi connectivity index (χ1) is 5.68. The normalized spacial score (nSPS) is 31.0. The zero-order valence-electron chi connectivity index (χ0n) is 7.52. The lowest BCUT2D eigenvalue weighted by atomic mass is 9.87. The van der Waals surface area contributed by atoms with Crippen LogP contribution in [0.2, 0.25) is 0 Å². The summed E-state index contributed by atoms with van der Waals surface area (Å²) in [5, 5.41) is 2.89. The highest BCUT2D eigenvalue weighted by Gasteiger charge is 2.18. The highest BCUT2D eigenvalue weighted by Crippen LogP contribution is 2.23. The molecule has 1 saturated carbocycles. The maximum Gasteiger partial charge on any atom is 0.250 e. The Bertz CT molecular complexity index is 120. The van der Waals surface area contributed by atoms with Crippen molar-refractivity contribution in [2.45, 2.75) is 45.1 Å². The molecule has 0 heterocycles. The number of rotatable bonds is 3. The Morgan fingerprint density at radius 3 is 2.33 bits per heavy atom. The van der Waals surface area contributed by atoms with E-state index in [0.717, 1.165) is 18.8 Å². The average Bonchev–Trinajstić information content (AvgIpc) is 2.03. The third-order valence-electron chi connectivity index (χ3n) is 2.58. The van der Waals surface area contributed by atoms with Crippen LogP contribution in [0.25, 0.3) is 0 Å². The van der Waals surface area contributed by atoms with Crippen LogP contribution in [0.1, 0.15) is 32.6 Å². The average molecular weight is 177 g/mol. The Balaban J connectivity index is 2.09. The molecule has 72 valence electrons. The van der Waals surface area contributed by atoms with Gasteiger partial charge in [-0.3, -0.25) is 0 Å². The van der Waals surface area contributed by atoms with Gasteiger partial charge in [-0.25, -0.2) is 8.78 Å². The van der Waals surface area contributed by atoms with Gasteiger partial charge in [0.2, 0.25) is 0 Å². The van der Waals surface area contributed by atoms with Crippen LogP contribution in [0, 0.1) is 5.92 Å². The standard InChI is InChI=1S/C9H17F2N/c1-7-2-4-8(5-3-7)12-6-9(10)11/h7-9,12H,2-6H2,1H3/t7-,8-. The Morgan fingerprint density at radius 2 is 1.83 bits per heavy atom. The van der Waals surface area contributed by atoms with Gasteiger partial charge < -0.3 is 5.32 Å². The molecular weight excluding hydrogens is 160 g/mol. The topological polar surface area (TPSA) is 12.0 Å². The minimum Gasteiger partial charge on any atom is -0.309 e. The van der Waals surface area contributed by atoms with Crippen molar-refractivity contribution in [3.63, 3.8) is 0 Å². The minimum absolute atomic E-state index is 0.140. The van der Waals surface area contributed by atoms with Crippen molar-refractivity contribution in [3.8, 4) is 0 Å². The summed E-state index contributed by atoms with van der Waals surface area (Å²) in [5.41, 5.74) is 0. The third kappa shape index (κ3) is 3.48. The first-order valence-electron chi connectivity index (χ1n) is 4.70. The molecule has 0 atom stereocenters. The number of nitrogens with one attached hydrogen (secondary N) is 1. The molecule has 12 heavy (non-hydrogen) atoms. The molecule has 0 radical (unpaired) electrons. The molecule has 0 aromatic carbocycles. The lowest BCUT2D eigenvalue weighted by Gasteiger charge is -2.26. The molecule has 0 bridgehead atoms. The fourth-order valence-electron chi connectivity index (χ4n) is 1.72. The second-order valence-corrected chi connectivity index (χ2v) is 3.76. The minimum atomic E-state index is -2.20. The van der Waals surface area contributed by atoms with Crippen molar-refractivity contribution < 1.29 is 8.78 Å². The maximum atomic E-state index is 11.8. The molecule has 0 saturated heterocycles. The predicted molar refractivity (Wildman–Crippen MR) is 45.4 cm³/mol. The van der Waals surface area contributed by atoms with E-state index >= 15 is 0 Å². The fourth-order valence-corrected chi connectivity index (χ4v) is 1.72. The summed E-state index contributed by atoms with van der Waals surface area (Å²) in [5.74, 6) is 0.787. The zero-order valence-corrected chi connectivity index (χ0v) is 7.52. The zero-order chi connectivity index (χ0) is 8.97. The van der Waals surface area contributed by atoms with E-state index in [-0.39, 0.29) is 6.54 Å². The van der Waals surface area contributed by atoms with Crippen LogP contribution in [-0.4, -0.2) is 19.0 Å². The first kappa shape index (κ1) is 9.90. The lowest BCUT2D eigenvalue weighted by Crippen LogP contribution is -2.35. The molecule has 0 spiro atoms. The molecule has 0 unspecified atom stereocenters. The van der Waals surface area contributed by atoms with Gasteiger partial charge in [-0.15, -0.1) is 0 Å². The molecule has 1 aliphatic rings. The summed E-state index contributed by atoms with van der Waals surface area (Å²) in [6, 6.07) is 0.343. The van der Waals surface area contributed by atoms with Gasteiger partial charge >= 0.3 is 0 Å². The van der Waals surface area contributed by atoms with Gasteiger partial charge in [-0.05, 0) is 31.6 Å². The SMILES string of the molecule is C[C@H]1CC[C@H](NCC(F)F)CC1. The van der Waals surface area contributed by atoms with Gasteiger partial charge in [0, 0.05) is 6.04 Å². The predicted octanol–water partition coefficient (Wildman–Crippen LogP) is 2.42. The second kappa shape index (κ2) is 4.75. The Kier molecular flexibility index (Phi) is 3.92. The number of hydrogen-bond acceptors (Lipinski definition) is 1. The molecule has 0 aromatic heterocycles. The summed E-state index contributed by atoms with van der Waals surface area (Å²) in [4.78, 5) is 0. The lowest BCUT2D eigenvalue weighted by molar-refractivity contribution is 0.136. The van der Waals surface area contributed by atoms with Crippen LogP contribution in [0.15, 0.2) is 0 Å². The van der Waals surface area contributed by atoms with Gasteiger partial charge in [0.05, 0.1) is 6.54 Å². The van der Waals surface area contributed by atoms with E-state index in [1.165, 1.54) is 12.8 Å². The Morgan fingerprint density at radius 1 is 1.25 bits per heavy atom. The molecular formula is C9H17F2N. The Hall–Kier alpha value is -0.180. The highest BCUT2D eigenvalue weighted by atomic mass is 19.3. The fraction of sp³-hybridized carbons (Fsp3) is 1.00. The summed E-state index contributed by atoms with van der Waals surface area (Å²) >= 11 is 0. The molecule has 0 aliphatic heterocycles. The second-order valence-electron chi connectivity index (χ2n) is 3.76. The van der Waals surface area contributed by atoms with Crippen LogP contribution in [0.3, 0.4) is 0 Å². The van der Waals surface area contributed by atoms with Gasteiger partial charge in [0.1, 0.15) is 0 Å². The molecule has 1 fully saturated rings. The summed E-state index contributed by atoms with van der Waals surface area (Å²) < 4.78 is 23.6. The van der Waals surface area contributed by atoms with Gasteiger partial charge in [-0.1, -0.05) is 6.92 Å². The van der Waals surface area contributed by atoms with Crippen LogP contribution in [-0.2, 0) is 0 Å². The molecule has 0 amide bonds. The van der Waals surface area contributed by atoms with E-state index in [1.807, 2.05) is 0 Å². The number of alkyl halides is 2. The van der Waals surface area contributed by atoms with Crippen LogP contribution in [0.4, 0.5) is 8.78 Å². The van der Waals surface area contributed by atoms with E-state index < -0.39 is 6.43 Å². The van der Waals surface area contributed by atoms with Crippen LogP contribution < -0.4 is 5.32 Å². The molecule has 3 heteroatoms. The van der Waals surface area contributed by atoms with Gasteiger partial charge in [-0.2, -0.15) is 0 Å². The summed E-state index contributed by atoms with van der Waals surface area (Å²) in [6.45, 7) is 2.09. The van der Waals surface area contributed by atoms with Crippen molar-refractivity contribution >= 4 is 0 Å². The van der Waals surface area contributed by atoms with Gasteiger partial charge in [0.25, 0.3) is 6.43 Å². The Labute approximate surface area is 72.5 Å². The molecule has 1 rings (SSSR count). The quantitative estimate of drug-likeness (QED) is 0.698. The maximum absolute atomic E-state index is 11.8. The van der Waals surface area contributed by atoms with Crippen molar-refractivity contribution in [3.05, 3.63) is 0 Å². The van der Waals surface area contributed by atoms with Crippen molar-refractivity contribution in [1.29, 1.82) is 0 Å². The van der Waals surface area contributed by atoms with Crippen LogP contribution >= 0.6 is 0 Å². The molecule has 0 aromatic rings. The number of hydrogen-bond donors (Lipinski definition) is 1. The van der Waals surface area contributed by atoms with Gasteiger partial charge in [0.15, 0.2) is 0 Å². The smallest absolute Gasteiger partial charge is 0.250 e. The van der Waals surface area contributed by atoms with Crippen LogP contribution in [0.5, 0.6) is 0 Å². The van der Waals surface area contributed by atoms with E-state index in [1.54, 1.807) is 0 Å². The van der Waals surface area contributed by atoms with Crippen molar-refractivity contribution in [2.75, 3.05) is 6.54 Å². The monoisotopic (exact) mass is 177 g/mol. The summed E-state index contributed by atoms with van der Waals surface area (Å²) in [7, 11) is 0. The highest BCUT2D eigenvalue weighted by molar-refractivity contribution is 4.75. The third-order valence-corrected chi connectivity index (χ3v) is 2.58. The van der Waals surface area contributed by atoms with E-state index in [4.69, 9.17) is 0 Å². The van der Waals surface area contributed by atoms with Crippen molar-refractivity contribution in [2.24, 2.45) is 5.92 Å². The largest absolute Gasteiger partial charge is 0.309 e. The van der Waals surface area contributed by atoms with Crippen molar-refractivity contribution in [1.82, 2.24) is 5.32 Å². The molecule has 1 N–H and O–H groups in total. The first-order valence-corrected chi connectivity index (χ1v) is 4.70.